The maximum atomic E-state index is 13.1. The van der Waals surface area contributed by atoms with Gasteiger partial charge in [0.1, 0.15) is 5.82 Å². The van der Waals surface area contributed by atoms with E-state index in [2.05, 4.69) is 22.4 Å². The predicted molar refractivity (Wildman–Crippen MR) is 110 cm³/mol. The fourth-order valence-corrected chi connectivity index (χ4v) is 6.09. The summed E-state index contributed by atoms with van der Waals surface area (Å²) in [7, 11) is 0. The zero-order valence-corrected chi connectivity index (χ0v) is 16.4. The van der Waals surface area contributed by atoms with E-state index in [0.29, 0.717) is 13.1 Å². The molecule has 0 radical (unpaired) electrons. The van der Waals surface area contributed by atoms with Gasteiger partial charge in [-0.15, -0.1) is 22.7 Å². The fourth-order valence-electron chi connectivity index (χ4n) is 3.91. The van der Waals surface area contributed by atoms with Crippen molar-refractivity contribution in [1.29, 1.82) is 0 Å². The van der Waals surface area contributed by atoms with Gasteiger partial charge in [0.2, 0.25) is 0 Å². The molecule has 1 aliphatic heterocycles. The number of nitrogens with zero attached hydrogens (tertiary/aromatic N) is 2. The summed E-state index contributed by atoms with van der Waals surface area (Å²) < 4.78 is 13.1. The van der Waals surface area contributed by atoms with Crippen molar-refractivity contribution in [2.24, 2.45) is 0 Å². The van der Waals surface area contributed by atoms with Gasteiger partial charge in [-0.3, -0.25) is 4.79 Å². The summed E-state index contributed by atoms with van der Waals surface area (Å²) in [6.45, 7) is 2.94. The van der Waals surface area contributed by atoms with Crippen LogP contribution in [0.15, 0.2) is 41.8 Å². The van der Waals surface area contributed by atoms with Crippen molar-refractivity contribution >= 4 is 34.3 Å². The van der Waals surface area contributed by atoms with E-state index >= 15 is 0 Å². The van der Waals surface area contributed by atoms with Crippen LogP contribution >= 0.6 is 22.7 Å². The molecule has 1 saturated heterocycles. The van der Waals surface area contributed by atoms with Gasteiger partial charge in [-0.05, 0) is 60.2 Å². The van der Waals surface area contributed by atoms with E-state index in [9.17, 15) is 9.18 Å². The molecule has 3 nitrogen and oxygen atoms in total. The van der Waals surface area contributed by atoms with E-state index in [1.807, 2.05) is 16.2 Å². The largest absolute Gasteiger partial charge is 0.368 e. The number of carbonyl (C=O) groups is 1. The molecular weight excluding hydrogens is 379 g/mol. The van der Waals surface area contributed by atoms with Gasteiger partial charge in [0.15, 0.2) is 0 Å². The number of fused-ring (bicyclic) bond motifs is 3. The molecule has 0 bridgehead atoms. The summed E-state index contributed by atoms with van der Waals surface area (Å²) in [5.41, 5.74) is 3.66. The highest BCUT2D eigenvalue weighted by Crippen LogP contribution is 2.42. The van der Waals surface area contributed by atoms with Gasteiger partial charge in [-0.1, -0.05) is 0 Å². The van der Waals surface area contributed by atoms with Gasteiger partial charge in [-0.25, -0.2) is 4.39 Å². The Balaban J connectivity index is 1.30. The minimum absolute atomic E-state index is 0.143. The number of carbonyl (C=O) groups excluding carboxylic acids is 1. The van der Waals surface area contributed by atoms with Gasteiger partial charge >= 0.3 is 0 Å². The average Bonchev–Trinajstić information content (AvgIpc) is 3.34. The van der Waals surface area contributed by atoms with E-state index < -0.39 is 0 Å². The maximum absolute atomic E-state index is 13.1. The highest BCUT2D eigenvalue weighted by molar-refractivity contribution is 7.18. The summed E-state index contributed by atoms with van der Waals surface area (Å²) in [6, 6.07) is 10.9. The number of thiophene rings is 2. The molecule has 1 amide bonds. The maximum Gasteiger partial charge on any atom is 0.264 e. The lowest BCUT2D eigenvalue weighted by molar-refractivity contribution is 0.0751. The molecule has 1 aliphatic carbocycles. The number of piperazine rings is 1. The first-order chi connectivity index (χ1) is 13.2. The Bertz CT molecular complexity index is 984. The molecule has 0 unspecified atom stereocenters. The molecule has 1 fully saturated rings. The second-order valence-corrected chi connectivity index (χ2v) is 9.03. The van der Waals surface area contributed by atoms with Gasteiger partial charge in [0, 0.05) is 47.2 Å². The number of benzene rings is 1. The van der Waals surface area contributed by atoms with Crippen molar-refractivity contribution in [3.63, 3.8) is 0 Å². The molecule has 3 heterocycles. The Morgan fingerprint density at radius 1 is 1.00 bits per heavy atom. The quantitative estimate of drug-likeness (QED) is 0.626. The van der Waals surface area contributed by atoms with Crippen LogP contribution in [-0.4, -0.2) is 37.0 Å². The summed E-state index contributed by atoms with van der Waals surface area (Å²) in [6.07, 6.45) is 2.12. The molecule has 0 N–H and O–H groups in total. The summed E-state index contributed by atoms with van der Waals surface area (Å²) in [4.78, 5) is 20.8. The van der Waals surface area contributed by atoms with Crippen LogP contribution in [0.3, 0.4) is 0 Å². The number of anilines is 1. The Morgan fingerprint density at radius 3 is 2.56 bits per heavy atom. The highest BCUT2D eigenvalue weighted by atomic mass is 32.1. The minimum atomic E-state index is -0.219. The molecule has 27 heavy (non-hydrogen) atoms. The number of rotatable bonds is 2. The molecule has 0 spiro atoms. The lowest BCUT2D eigenvalue weighted by atomic mass is 9.98. The van der Waals surface area contributed by atoms with Crippen LogP contribution in [0, 0.1) is 5.82 Å². The van der Waals surface area contributed by atoms with Crippen molar-refractivity contribution in [2.75, 3.05) is 31.1 Å². The van der Waals surface area contributed by atoms with Crippen molar-refractivity contribution in [2.45, 2.75) is 12.8 Å². The SMILES string of the molecule is O=C(c1cc2c(s1)-c1ccsc1CC2)N1CCN(c2ccc(F)cc2)CC1. The third-order valence-electron chi connectivity index (χ3n) is 5.39. The van der Waals surface area contributed by atoms with Gasteiger partial charge in [0.25, 0.3) is 5.91 Å². The molecular formula is C21H19FN2OS2. The van der Waals surface area contributed by atoms with Gasteiger partial charge in [-0.2, -0.15) is 0 Å². The normalized spacial score (nSPS) is 16.2. The van der Waals surface area contributed by atoms with Crippen LogP contribution in [0.5, 0.6) is 0 Å². The molecule has 6 heteroatoms. The first kappa shape index (κ1) is 17.0. The third kappa shape index (κ3) is 3.07. The Labute approximate surface area is 165 Å². The smallest absolute Gasteiger partial charge is 0.264 e. The zero-order chi connectivity index (χ0) is 18.4. The fraction of sp³-hybridized carbons (Fsp3) is 0.286. The molecule has 1 aromatic carbocycles. The average molecular weight is 399 g/mol. The van der Waals surface area contributed by atoms with E-state index in [1.165, 1.54) is 33.0 Å². The van der Waals surface area contributed by atoms with Crippen LogP contribution < -0.4 is 4.90 Å². The Kier molecular flexibility index (Phi) is 4.25. The highest BCUT2D eigenvalue weighted by Gasteiger charge is 2.27. The van der Waals surface area contributed by atoms with Crippen molar-refractivity contribution in [3.8, 4) is 10.4 Å². The van der Waals surface area contributed by atoms with Crippen LogP contribution in [0.4, 0.5) is 10.1 Å². The monoisotopic (exact) mass is 398 g/mol. The van der Waals surface area contributed by atoms with Crippen LogP contribution in [0.2, 0.25) is 0 Å². The molecule has 2 aliphatic rings. The Morgan fingerprint density at radius 2 is 1.78 bits per heavy atom. The zero-order valence-electron chi connectivity index (χ0n) is 14.8. The predicted octanol–water partition coefficient (Wildman–Crippen LogP) is 4.68. The lowest BCUT2D eigenvalue weighted by Crippen LogP contribution is -2.48. The van der Waals surface area contributed by atoms with Gasteiger partial charge < -0.3 is 9.80 Å². The summed E-state index contributed by atoms with van der Waals surface area (Å²) in [5, 5.41) is 2.15. The molecule has 138 valence electrons. The second kappa shape index (κ2) is 6.77. The first-order valence-corrected chi connectivity index (χ1v) is 10.9. The lowest BCUT2D eigenvalue weighted by Gasteiger charge is -2.36. The number of amides is 1. The van der Waals surface area contributed by atoms with Crippen molar-refractivity contribution in [1.82, 2.24) is 4.90 Å². The Hall–Kier alpha value is -2.18. The number of hydrogen-bond acceptors (Lipinski definition) is 4. The third-order valence-corrected chi connectivity index (χ3v) is 7.57. The van der Waals surface area contributed by atoms with Crippen LogP contribution in [0.1, 0.15) is 20.1 Å². The van der Waals surface area contributed by atoms with E-state index in [1.54, 1.807) is 23.5 Å². The summed E-state index contributed by atoms with van der Waals surface area (Å²) in [5.74, 6) is -0.0760. The van der Waals surface area contributed by atoms with Crippen molar-refractivity contribution < 1.29 is 9.18 Å². The topological polar surface area (TPSA) is 23.6 Å². The van der Waals surface area contributed by atoms with Crippen molar-refractivity contribution in [3.05, 3.63) is 62.9 Å². The van der Waals surface area contributed by atoms with Crippen LogP contribution in [-0.2, 0) is 12.8 Å². The van der Waals surface area contributed by atoms with E-state index in [-0.39, 0.29) is 11.7 Å². The molecule has 5 rings (SSSR count). The van der Waals surface area contributed by atoms with Crippen LogP contribution in [0.25, 0.3) is 10.4 Å². The molecule has 2 aromatic heterocycles. The first-order valence-electron chi connectivity index (χ1n) is 9.18. The number of aryl methyl sites for hydroxylation is 2. The molecule has 0 atom stereocenters. The number of hydrogen-bond donors (Lipinski definition) is 0. The number of halogens is 1. The van der Waals surface area contributed by atoms with E-state index in [4.69, 9.17) is 0 Å². The summed E-state index contributed by atoms with van der Waals surface area (Å²) >= 11 is 3.46. The van der Waals surface area contributed by atoms with E-state index in [0.717, 1.165) is 36.5 Å². The standard InChI is InChI=1S/C21H19FN2OS2/c22-15-2-4-16(5-3-15)23-8-10-24(11-9-23)21(25)19-13-14-1-6-18-17(7-12-26-18)20(14)27-19/h2-5,7,12-13H,1,6,8-11H2. The minimum Gasteiger partial charge on any atom is -0.368 e. The molecule has 3 aromatic rings. The second-order valence-electron chi connectivity index (χ2n) is 6.98. The molecule has 0 saturated carbocycles. The van der Waals surface area contributed by atoms with Gasteiger partial charge in [0.05, 0.1) is 4.88 Å².